The van der Waals surface area contributed by atoms with Gasteiger partial charge in [-0.15, -0.1) is 0 Å². The number of nitrogens with zero attached hydrogens (tertiary/aromatic N) is 1. The van der Waals surface area contributed by atoms with Crippen LogP contribution in [0.25, 0.3) is 11.0 Å². The number of hydrogen-bond donors (Lipinski definition) is 2. The second kappa shape index (κ2) is 4.05. The third-order valence-electron chi connectivity index (χ3n) is 2.70. The van der Waals surface area contributed by atoms with Crippen LogP contribution in [-0.2, 0) is 4.74 Å². The highest BCUT2D eigenvalue weighted by atomic mass is 35.5. The Labute approximate surface area is 98.0 Å². The minimum Gasteiger partial charge on any atom is -0.368 e. The van der Waals surface area contributed by atoms with Crippen LogP contribution in [0.15, 0.2) is 18.2 Å². The van der Waals surface area contributed by atoms with E-state index < -0.39 is 0 Å². The van der Waals surface area contributed by atoms with Crippen molar-refractivity contribution in [2.75, 3.05) is 19.7 Å². The molecule has 2 aromatic rings. The van der Waals surface area contributed by atoms with Gasteiger partial charge in [0.25, 0.3) is 0 Å². The van der Waals surface area contributed by atoms with Crippen LogP contribution < -0.4 is 5.32 Å². The zero-order valence-electron chi connectivity index (χ0n) is 8.66. The fourth-order valence-electron chi connectivity index (χ4n) is 1.89. The molecule has 1 aliphatic heterocycles. The molecule has 16 heavy (non-hydrogen) atoms. The first kappa shape index (κ1) is 10.1. The minimum absolute atomic E-state index is 0.0138. The fourth-order valence-corrected chi connectivity index (χ4v) is 2.06. The summed E-state index contributed by atoms with van der Waals surface area (Å²) in [4.78, 5) is 7.75. The normalized spacial score (nSPS) is 21.4. The maximum absolute atomic E-state index is 5.92. The summed E-state index contributed by atoms with van der Waals surface area (Å²) in [6.45, 7) is 2.43. The number of hydrogen-bond acceptors (Lipinski definition) is 3. The van der Waals surface area contributed by atoms with Gasteiger partial charge >= 0.3 is 0 Å². The van der Waals surface area contributed by atoms with Crippen LogP contribution in [0.2, 0.25) is 5.02 Å². The lowest BCUT2D eigenvalue weighted by atomic mass is 10.3. The number of ether oxygens (including phenoxy) is 1. The molecule has 2 heterocycles. The summed E-state index contributed by atoms with van der Waals surface area (Å²) in [5, 5.41) is 3.98. The van der Waals surface area contributed by atoms with Crippen molar-refractivity contribution in [1.82, 2.24) is 15.3 Å². The quantitative estimate of drug-likeness (QED) is 0.796. The van der Waals surface area contributed by atoms with E-state index in [0.717, 1.165) is 36.6 Å². The van der Waals surface area contributed by atoms with Gasteiger partial charge in [0.05, 0.1) is 17.6 Å². The zero-order chi connectivity index (χ0) is 11.0. The van der Waals surface area contributed by atoms with Crippen molar-refractivity contribution in [1.29, 1.82) is 0 Å². The summed E-state index contributed by atoms with van der Waals surface area (Å²) in [5.74, 6) is 0.865. The third-order valence-corrected chi connectivity index (χ3v) is 2.93. The first-order valence-corrected chi connectivity index (χ1v) is 5.68. The number of nitrogens with one attached hydrogen (secondary N) is 2. The Morgan fingerprint density at radius 3 is 3.19 bits per heavy atom. The molecule has 1 aromatic carbocycles. The van der Waals surface area contributed by atoms with E-state index in [1.165, 1.54) is 0 Å². The Hall–Kier alpha value is -1.10. The molecule has 0 saturated carbocycles. The van der Waals surface area contributed by atoms with Crippen LogP contribution in [0, 0.1) is 0 Å². The number of imidazole rings is 1. The molecule has 1 atom stereocenters. The van der Waals surface area contributed by atoms with Gasteiger partial charge in [0.1, 0.15) is 11.9 Å². The molecular weight excluding hydrogens is 226 g/mol. The molecule has 1 fully saturated rings. The molecule has 0 aliphatic carbocycles. The van der Waals surface area contributed by atoms with E-state index in [4.69, 9.17) is 16.3 Å². The number of H-pyrrole nitrogens is 1. The van der Waals surface area contributed by atoms with Crippen LogP contribution >= 0.6 is 11.6 Å². The SMILES string of the molecule is Clc1ccc2[nH]c(C3CNCCO3)nc2c1. The van der Waals surface area contributed by atoms with Crippen molar-refractivity contribution < 1.29 is 4.74 Å². The van der Waals surface area contributed by atoms with Crippen LogP contribution in [0.5, 0.6) is 0 Å². The maximum atomic E-state index is 5.92. The van der Waals surface area contributed by atoms with E-state index in [0.29, 0.717) is 5.02 Å². The number of benzene rings is 1. The highest BCUT2D eigenvalue weighted by Crippen LogP contribution is 2.22. The van der Waals surface area contributed by atoms with Gasteiger partial charge in [-0.3, -0.25) is 0 Å². The molecule has 84 valence electrons. The number of rotatable bonds is 1. The van der Waals surface area contributed by atoms with E-state index in [9.17, 15) is 0 Å². The van der Waals surface area contributed by atoms with Gasteiger partial charge in [0.15, 0.2) is 0 Å². The second-order valence-electron chi connectivity index (χ2n) is 3.85. The smallest absolute Gasteiger partial charge is 0.137 e. The van der Waals surface area contributed by atoms with Crippen molar-refractivity contribution in [3.8, 4) is 0 Å². The number of fused-ring (bicyclic) bond motifs is 1. The minimum atomic E-state index is 0.0138. The number of aromatic nitrogens is 2. The number of halogens is 1. The second-order valence-corrected chi connectivity index (χ2v) is 4.28. The Kier molecular flexibility index (Phi) is 2.55. The largest absolute Gasteiger partial charge is 0.368 e. The predicted octanol–water partition coefficient (Wildman–Crippen LogP) is 1.88. The Morgan fingerprint density at radius 1 is 1.44 bits per heavy atom. The van der Waals surface area contributed by atoms with E-state index >= 15 is 0 Å². The molecule has 1 aliphatic rings. The Morgan fingerprint density at radius 2 is 2.38 bits per heavy atom. The molecule has 0 spiro atoms. The molecule has 5 heteroatoms. The van der Waals surface area contributed by atoms with Gasteiger partial charge in [-0.25, -0.2) is 4.98 Å². The molecule has 0 amide bonds. The highest BCUT2D eigenvalue weighted by Gasteiger charge is 2.19. The molecule has 1 saturated heterocycles. The maximum Gasteiger partial charge on any atom is 0.137 e. The fraction of sp³-hybridized carbons (Fsp3) is 0.364. The van der Waals surface area contributed by atoms with Crippen molar-refractivity contribution in [2.24, 2.45) is 0 Å². The molecule has 3 rings (SSSR count). The van der Waals surface area contributed by atoms with E-state index in [1.54, 1.807) is 0 Å². The van der Waals surface area contributed by atoms with Gasteiger partial charge in [-0.2, -0.15) is 0 Å². The summed E-state index contributed by atoms with van der Waals surface area (Å²) in [6.07, 6.45) is 0.0138. The summed E-state index contributed by atoms with van der Waals surface area (Å²) < 4.78 is 5.63. The van der Waals surface area contributed by atoms with Crippen LogP contribution in [0.4, 0.5) is 0 Å². The molecule has 4 nitrogen and oxygen atoms in total. The molecule has 0 radical (unpaired) electrons. The summed E-state index contributed by atoms with van der Waals surface area (Å²) in [5.41, 5.74) is 1.88. The summed E-state index contributed by atoms with van der Waals surface area (Å²) in [6, 6.07) is 5.64. The molecular formula is C11H12ClN3O. The lowest BCUT2D eigenvalue weighted by Gasteiger charge is -2.21. The number of aromatic amines is 1. The van der Waals surface area contributed by atoms with Crippen molar-refractivity contribution in [3.63, 3.8) is 0 Å². The van der Waals surface area contributed by atoms with E-state index in [-0.39, 0.29) is 6.10 Å². The predicted molar refractivity (Wildman–Crippen MR) is 62.7 cm³/mol. The monoisotopic (exact) mass is 237 g/mol. The first-order chi connectivity index (χ1) is 7.83. The summed E-state index contributed by atoms with van der Waals surface area (Å²) in [7, 11) is 0. The van der Waals surface area contributed by atoms with Gasteiger partial charge in [0.2, 0.25) is 0 Å². The zero-order valence-corrected chi connectivity index (χ0v) is 9.42. The highest BCUT2D eigenvalue weighted by molar-refractivity contribution is 6.31. The van der Waals surface area contributed by atoms with Crippen LogP contribution in [0.1, 0.15) is 11.9 Å². The van der Waals surface area contributed by atoms with Crippen molar-refractivity contribution in [3.05, 3.63) is 29.0 Å². The topological polar surface area (TPSA) is 49.9 Å². The van der Waals surface area contributed by atoms with Gasteiger partial charge in [0, 0.05) is 18.1 Å². The van der Waals surface area contributed by atoms with E-state index in [1.807, 2.05) is 18.2 Å². The van der Waals surface area contributed by atoms with Crippen LogP contribution in [-0.4, -0.2) is 29.7 Å². The van der Waals surface area contributed by atoms with Crippen LogP contribution in [0.3, 0.4) is 0 Å². The van der Waals surface area contributed by atoms with Gasteiger partial charge < -0.3 is 15.0 Å². The average Bonchev–Trinajstić information content (AvgIpc) is 2.73. The average molecular weight is 238 g/mol. The van der Waals surface area contributed by atoms with E-state index in [2.05, 4.69) is 15.3 Å². The van der Waals surface area contributed by atoms with Crippen molar-refractivity contribution >= 4 is 22.6 Å². The lowest BCUT2D eigenvalue weighted by Crippen LogP contribution is -2.33. The number of morpholine rings is 1. The summed E-state index contributed by atoms with van der Waals surface area (Å²) >= 11 is 5.92. The molecule has 2 N–H and O–H groups in total. The standard InChI is InChI=1S/C11H12ClN3O/c12-7-1-2-8-9(5-7)15-11(14-8)10-6-13-3-4-16-10/h1-2,5,10,13H,3-4,6H2,(H,14,15). The van der Waals surface area contributed by atoms with Gasteiger partial charge in [-0.1, -0.05) is 11.6 Å². The van der Waals surface area contributed by atoms with Crippen molar-refractivity contribution in [2.45, 2.75) is 6.10 Å². The Bertz CT molecular complexity index is 505. The van der Waals surface area contributed by atoms with Gasteiger partial charge in [-0.05, 0) is 18.2 Å². The third kappa shape index (κ3) is 1.80. The molecule has 0 bridgehead atoms. The Balaban J connectivity index is 1.97. The molecule has 1 aromatic heterocycles. The molecule has 1 unspecified atom stereocenters. The first-order valence-electron chi connectivity index (χ1n) is 5.30. The lowest BCUT2D eigenvalue weighted by molar-refractivity contribution is 0.0228.